The second kappa shape index (κ2) is 23.2. The van der Waals surface area contributed by atoms with Gasteiger partial charge in [0.15, 0.2) is 0 Å². The van der Waals surface area contributed by atoms with Crippen molar-refractivity contribution in [3.8, 4) is 0 Å². The van der Waals surface area contributed by atoms with Crippen molar-refractivity contribution in [1.29, 1.82) is 0 Å². The van der Waals surface area contributed by atoms with E-state index in [0.29, 0.717) is 26.2 Å². The summed E-state index contributed by atoms with van der Waals surface area (Å²) in [5.41, 5.74) is 4.06. The molecule has 0 aliphatic carbocycles. The first-order chi connectivity index (χ1) is 28.5. The molecule has 3 aromatic rings. The Bertz CT molecular complexity index is 1890. The van der Waals surface area contributed by atoms with Gasteiger partial charge < -0.3 is 30.7 Å². The van der Waals surface area contributed by atoms with Gasteiger partial charge in [0.05, 0.1) is 32.8 Å². The zero-order chi connectivity index (χ0) is 43.7. The normalized spacial score (nSPS) is 15.8. The summed E-state index contributed by atoms with van der Waals surface area (Å²) >= 11 is 0. The van der Waals surface area contributed by atoms with Gasteiger partial charge in [0.2, 0.25) is 5.91 Å². The van der Waals surface area contributed by atoms with E-state index in [1.807, 2.05) is 59.5 Å². The molecule has 0 bridgehead atoms. The number of hydrogen-bond donors (Lipinski definition) is 6. The van der Waals surface area contributed by atoms with Gasteiger partial charge in [0.1, 0.15) is 11.6 Å². The molecular weight excluding hydrogens is 778 g/mol. The molecule has 0 aromatic heterocycles. The van der Waals surface area contributed by atoms with Crippen LogP contribution >= 0.6 is 0 Å². The third kappa shape index (κ3) is 17.7. The van der Waals surface area contributed by atoms with Gasteiger partial charge in [-0.25, -0.2) is 10.3 Å². The third-order valence-electron chi connectivity index (χ3n) is 9.56. The molecule has 60 heavy (non-hydrogen) atoms. The van der Waals surface area contributed by atoms with E-state index in [9.17, 15) is 44.1 Å². The minimum Gasteiger partial charge on any atom is -0.480 e. The first-order valence-electron chi connectivity index (χ1n) is 19.8. The van der Waals surface area contributed by atoms with Gasteiger partial charge in [-0.05, 0) is 48.2 Å². The number of carboxylic acid groups (broad SMARTS) is 3. The number of benzene rings is 3. The predicted molar refractivity (Wildman–Crippen MR) is 221 cm³/mol. The summed E-state index contributed by atoms with van der Waals surface area (Å²) in [6.45, 7) is 7.04. The van der Waals surface area contributed by atoms with E-state index < -0.39 is 41.6 Å². The van der Waals surface area contributed by atoms with Crippen LogP contribution in [0.25, 0.3) is 10.8 Å². The molecule has 0 spiro atoms. The summed E-state index contributed by atoms with van der Waals surface area (Å²) in [7, 11) is 0. The molecule has 3 amide bonds. The van der Waals surface area contributed by atoms with Crippen LogP contribution in [0.1, 0.15) is 37.5 Å². The third-order valence-corrected chi connectivity index (χ3v) is 9.56. The van der Waals surface area contributed by atoms with Crippen molar-refractivity contribution in [3.63, 3.8) is 0 Å². The molecule has 4 rings (SSSR count). The number of hydroxylamine groups is 1. The maximum atomic E-state index is 13.3. The molecule has 1 heterocycles. The number of ether oxygens (including phenoxy) is 1. The minimum absolute atomic E-state index is 0.0107. The predicted octanol–water partition coefficient (Wildman–Crippen LogP) is 1.62. The number of aliphatic carboxylic acids is 3. The summed E-state index contributed by atoms with van der Waals surface area (Å²) < 4.78 is 5.40. The van der Waals surface area contributed by atoms with E-state index in [-0.39, 0.29) is 77.8 Å². The summed E-state index contributed by atoms with van der Waals surface area (Å²) in [6, 6.07) is 19.9. The number of rotatable bonds is 17. The van der Waals surface area contributed by atoms with Crippen molar-refractivity contribution in [3.05, 3.63) is 83.4 Å². The molecular formula is C42H57N7O11. The highest BCUT2D eigenvalue weighted by Gasteiger charge is 2.26. The number of nitrogens with zero attached hydrogens (tertiary/aromatic N) is 4. The van der Waals surface area contributed by atoms with Crippen LogP contribution in [-0.2, 0) is 53.1 Å². The number of carbonyl (C=O) groups is 6. The summed E-state index contributed by atoms with van der Waals surface area (Å²) in [5.74, 6) is -3.93. The maximum Gasteiger partial charge on any atom is 0.408 e. The molecule has 1 saturated heterocycles. The Kier molecular flexibility index (Phi) is 18.2. The SMILES string of the molecule is CC(C)(C)OC(=O)N[C@H](Cc1ccc2ccccc2c1)C(=O)NOCc1ccc(CNC(=O)CN2CCN(CC(=O)O)CCN(CC(=O)O)CCN(CC(=O)O)CC2)cc1. The highest BCUT2D eigenvalue weighted by Crippen LogP contribution is 2.17. The molecule has 0 saturated carbocycles. The Balaban J connectivity index is 1.30. The Morgan fingerprint density at radius 2 is 1.10 bits per heavy atom. The fourth-order valence-electron chi connectivity index (χ4n) is 6.52. The van der Waals surface area contributed by atoms with Gasteiger partial charge in [-0.1, -0.05) is 66.7 Å². The topological polar surface area (TPSA) is 231 Å². The lowest BCUT2D eigenvalue weighted by Gasteiger charge is -2.32. The number of hydrogen-bond acceptors (Lipinski definition) is 12. The summed E-state index contributed by atoms with van der Waals surface area (Å²) in [4.78, 5) is 86.1. The van der Waals surface area contributed by atoms with Crippen molar-refractivity contribution in [2.75, 3.05) is 78.5 Å². The van der Waals surface area contributed by atoms with Crippen LogP contribution in [0, 0.1) is 0 Å². The number of carbonyl (C=O) groups excluding carboxylic acids is 3. The van der Waals surface area contributed by atoms with E-state index >= 15 is 0 Å². The van der Waals surface area contributed by atoms with Gasteiger partial charge in [0, 0.05) is 65.3 Å². The van der Waals surface area contributed by atoms with Crippen LogP contribution in [-0.4, -0.2) is 161 Å². The first-order valence-corrected chi connectivity index (χ1v) is 19.8. The number of carboxylic acids is 3. The molecule has 1 fully saturated rings. The number of fused-ring (bicyclic) bond motifs is 1. The lowest BCUT2D eigenvalue weighted by Crippen LogP contribution is -2.49. The Morgan fingerprint density at radius 1 is 0.633 bits per heavy atom. The molecule has 18 heteroatoms. The molecule has 1 aliphatic heterocycles. The van der Waals surface area contributed by atoms with E-state index in [0.717, 1.165) is 27.5 Å². The zero-order valence-electron chi connectivity index (χ0n) is 34.4. The van der Waals surface area contributed by atoms with E-state index in [2.05, 4.69) is 16.1 Å². The molecule has 0 unspecified atom stereocenters. The molecule has 6 N–H and O–H groups in total. The first kappa shape index (κ1) is 47.0. The minimum atomic E-state index is -1.03. The largest absolute Gasteiger partial charge is 0.480 e. The average molecular weight is 836 g/mol. The van der Waals surface area contributed by atoms with Crippen LogP contribution in [0.3, 0.4) is 0 Å². The summed E-state index contributed by atoms with van der Waals surface area (Å²) in [6.07, 6.45) is -0.541. The van der Waals surface area contributed by atoms with Crippen LogP contribution in [0.2, 0.25) is 0 Å². The molecule has 326 valence electrons. The monoisotopic (exact) mass is 835 g/mol. The zero-order valence-corrected chi connectivity index (χ0v) is 34.4. The second-order valence-electron chi connectivity index (χ2n) is 15.7. The Labute approximate surface area is 349 Å². The fraction of sp³-hybridized carbons (Fsp3) is 0.476. The van der Waals surface area contributed by atoms with Crippen molar-refractivity contribution in [2.45, 2.75) is 52.0 Å². The molecule has 0 radical (unpaired) electrons. The average Bonchev–Trinajstić information content (AvgIpc) is 3.17. The van der Waals surface area contributed by atoms with Gasteiger partial charge in [-0.2, -0.15) is 0 Å². The molecule has 3 aromatic carbocycles. The van der Waals surface area contributed by atoms with Crippen molar-refractivity contribution < 1.29 is 53.7 Å². The van der Waals surface area contributed by atoms with E-state index in [4.69, 9.17) is 9.57 Å². The van der Waals surface area contributed by atoms with Crippen molar-refractivity contribution >= 4 is 46.6 Å². The lowest BCUT2D eigenvalue weighted by molar-refractivity contribution is -0.140. The second-order valence-corrected chi connectivity index (χ2v) is 15.7. The van der Waals surface area contributed by atoms with Crippen LogP contribution in [0.5, 0.6) is 0 Å². The fourth-order valence-corrected chi connectivity index (χ4v) is 6.52. The van der Waals surface area contributed by atoms with Gasteiger partial charge in [0.25, 0.3) is 5.91 Å². The number of nitrogens with one attached hydrogen (secondary N) is 3. The van der Waals surface area contributed by atoms with E-state index in [1.165, 1.54) is 0 Å². The molecule has 18 nitrogen and oxygen atoms in total. The van der Waals surface area contributed by atoms with E-state index in [1.54, 1.807) is 47.6 Å². The van der Waals surface area contributed by atoms with Crippen LogP contribution in [0.15, 0.2) is 66.7 Å². The molecule has 1 aliphatic rings. The lowest BCUT2D eigenvalue weighted by atomic mass is 10.0. The summed E-state index contributed by atoms with van der Waals surface area (Å²) in [5, 5.41) is 35.9. The van der Waals surface area contributed by atoms with Crippen LogP contribution in [0.4, 0.5) is 4.79 Å². The Morgan fingerprint density at radius 3 is 1.60 bits per heavy atom. The smallest absolute Gasteiger partial charge is 0.408 e. The van der Waals surface area contributed by atoms with Crippen LogP contribution < -0.4 is 16.1 Å². The van der Waals surface area contributed by atoms with Crippen molar-refractivity contribution in [2.24, 2.45) is 0 Å². The molecule has 1 atom stereocenters. The number of alkyl carbamates (subject to hydrolysis) is 1. The Hall–Kier alpha value is -5.66. The van der Waals surface area contributed by atoms with Gasteiger partial charge in [-0.15, -0.1) is 0 Å². The van der Waals surface area contributed by atoms with Gasteiger partial charge >= 0.3 is 24.0 Å². The standard InChI is InChI=1S/C42H57N7O11/c1-42(2,3)60-41(58)44-35(23-32-12-13-33-6-4-5-7-34(33)22-32)40(57)45-59-29-31-10-8-30(9-11-31)24-43-36(50)25-46-14-16-47(26-37(51)52)18-20-49(28-39(55)56)21-19-48(17-15-46)27-38(53)54/h4-13,22,35H,14-21,23-29H2,1-3H3,(H,43,50)(H,44,58)(H,45,57)(H,51,52)(H,53,54)(H,55,56)/t35-/m1/s1. The number of amides is 3. The highest BCUT2D eigenvalue weighted by atomic mass is 16.7. The van der Waals surface area contributed by atoms with Crippen molar-refractivity contribution in [1.82, 2.24) is 35.7 Å². The quantitative estimate of drug-likeness (QED) is 0.106. The van der Waals surface area contributed by atoms with Gasteiger partial charge in [-0.3, -0.25) is 48.4 Å². The maximum absolute atomic E-state index is 13.3. The highest BCUT2D eigenvalue weighted by molar-refractivity contribution is 5.86.